The van der Waals surface area contributed by atoms with E-state index in [-0.39, 0.29) is 17.4 Å². The van der Waals surface area contributed by atoms with E-state index in [2.05, 4.69) is 10.0 Å². The van der Waals surface area contributed by atoms with Gasteiger partial charge in [0.05, 0.1) is 12.0 Å². The Balaban J connectivity index is 1.48. The molecule has 0 unspecified atom stereocenters. The summed E-state index contributed by atoms with van der Waals surface area (Å²) in [5, 5.41) is 2.67. The monoisotopic (exact) mass is 440 g/mol. The molecule has 8 heteroatoms. The minimum absolute atomic E-state index is 0.132. The zero-order valence-corrected chi connectivity index (χ0v) is 17.9. The largest absolute Gasteiger partial charge is 0.497 e. The minimum Gasteiger partial charge on any atom is -0.497 e. The van der Waals surface area contributed by atoms with Gasteiger partial charge in [-0.15, -0.1) is 0 Å². The summed E-state index contributed by atoms with van der Waals surface area (Å²) in [4.78, 5) is 12.2. The second kappa shape index (κ2) is 10.6. The Morgan fingerprint density at radius 3 is 2.16 bits per heavy atom. The number of carbonyl (C=O) groups is 1. The first kappa shape index (κ1) is 22.3. The third kappa shape index (κ3) is 6.84. The molecule has 0 aliphatic rings. The molecule has 0 bridgehead atoms. The number of hydrogen-bond donors (Lipinski definition) is 2. The average molecular weight is 441 g/mol. The van der Waals surface area contributed by atoms with Crippen molar-refractivity contribution in [3.63, 3.8) is 0 Å². The first-order valence-electron chi connectivity index (χ1n) is 9.66. The molecule has 3 rings (SSSR count). The van der Waals surface area contributed by atoms with E-state index in [0.29, 0.717) is 30.2 Å². The van der Waals surface area contributed by atoms with Gasteiger partial charge in [0.1, 0.15) is 11.5 Å². The third-order valence-corrected chi connectivity index (χ3v) is 5.90. The van der Waals surface area contributed by atoms with Crippen LogP contribution < -0.4 is 19.5 Å². The molecule has 0 saturated carbocycles. The topological polar surface area (TPSA) is 93.7 Å². The molecule has 0 atom stereocenters. The predicted molar refractivity (Wildman–Crippen MR) is 119 cm³/mol. The van der Waals surface area contributed by atoms with Gasteiger partial charge in [-0.1, -0.05) is 30.3 Å². The fraction of sp³-hybridized carbons (Fsp3) is 0.174. The molecule has 0 aliphatic heterocycles. The van der Waals surface area contributed by atoms with Crippen LogP contribution in [0.15, 0.2) is 83.8 Å². The minimum atomic E-state index is -3.63. The Kier molecular flexibility index (Phi) is 7.64. The Bertz CT molecular complexity index is 1080. The fourth-order valence-corrected chi connectivity index (χ4v) is 3.82. The summed E-state index contributed by atoms with van der Waals surface area (Å²) < 4.78 is 37.9. The lowest BCUT2D eigenvalue weighted by molar-refractivity contribution is -0.118. The second-order valence-electron chi connectivity index (χ2n) is 6.67. The van der Waals surface area contributed by atoms with Gasteiger partial charge < -0.3 is 14.8 Å². The van der Waals surface area contributed by atoms with Crippen LogP contribution in [-0.2, 0) is 21.2 Å². The van der Waals surface area contributed by atoms with Crippen molar-refractivity contribution in [1.29, 1.82) is 0 Å². The Morgan fingerprint density at radius 1 is 0.871 bits per heavy atom. The first-order valence-corrected chi connectivity index (χ1v) is 11.1. The average Bonchev–Trinajstić information content (AvgIpc) is 2.79. The van der Waals surface area contributed by atoms with Gasteiger partial charge in [0.15, 0.2) is 6.61 Å². The number of hydrogen-bond acceptors (Lipinski definition) is 5. The van der Waals surface area contributed by atoms with Crippen LogP contribution in [-0.4, -0.2) is 34.6 Å². The molecule has 3 aromatic carbocycles. The number of ether oxygens (including phenoxy) is 2. The number of rotatable bonds is 10. The van der Waals surface area contributed by atoms with E-state index in [4.69, 9.17) is 9.47 Å². The zero-order chi connectivity index (χ0) is 22.1. The third-order valence-electron chi connectivity index (χ3n) is 4.43. The van der Waals surface area contributed by atoms with Gasteiger partial charge in [0, 0.05) is 12.2 Å². The molecule has 0 aliphatic carbocycles. The Hall–Kier alpha value is -3.36. The summed E-state index contributed by atoms with van der Waals surface area (Å²) in [6.45, 7) is 0.126. The molecule has 31 heavy (non-hydrogen) atoms. The van der Waals surface area contributed by atoms with Gasteiger partial charge in [0.2, 0.25) is 10.0 Å². The summed E-state index contributed by atoms with van der Waals surface area (Å²) in [6.07, 6.45) is 0.600. The molecule has 1 amide bonds. The zero-order valence-electron chi connectivity index (χ0n) is 17.1. The maximum atomic E-state index is 12.4. The number of carbonyl (C=O) groups excluding carboxylic acids is 1. The molecule has 3 aromatic rings. The first-order chi connectivity index (χ1) is 15.0. The maximum absolute atomic E-state index is 12.4. The van der Waals surface area contributed by atoms with Crippen LogP contribution in [0.2, 0.25) is 0 Å². The molecule has 7 nitrogen and oxygen atoms in total. The van der Waals surface area contributed by atoms with Crippen LogP contribution in [0.4, 0.5) is 5.69 Å². The van der Waals surface area contributed by atoms with E-state index >= 15 is 0 Å². The maximum Gasteiger partial charge on any atom is 0.262 e. The molecule has 0 heterocycles. The lowest BCUT2D eigenvalue weighted by Crippen LogP contribution is -2.26. The molecule has 2 N–H and O–H groups in total. The van der Waals surface area contributed by atoms with E-state index in [1.54, 1.807) is 31.4 Å². The molecular weight excluding hydrogens is 416 g/mol. The van der Waals surface area contributed by atoms with Crippen molar-refractivity contribution in [2.24, 2.45) is 0 Å². The Labute approximate surface area is 182 Å². The van der Waals surface area contributed by atoms with Crippen LogP contribution in [0.25, 0.3) is 0 Å². The molecule has 0 saturated heterocycles. The van der Waals surface area contributed by atoms with Gasteiger partial charge in [-0.25, -0.2) is 13.1 Å². The summed E-state index contributed by atoms with van der Waals surface area (Å²) in [5.74, 6) is 0.882. The molecule has 162 valence electrons. The molecule has 0 aromatic heterocycles. The van der Waals surface area contributed by atoms with Gasteiger partial charge >= 0.3 is 0 Å². The van der Waals surface area contributed by atoms with Crippen LogP contribution >= 0.6 is 0 Å². The van der Waals surface area contributed by atoms with Crippen molar-refractivity contribution in [1.82, 2.24) is 4.72 Å². The molecule has 0 fully saturated rings. The summed E-state index contributed by atoms with van der Waals surface area (Å²) in [6, 6.07) is 22.5. The standard InChI is InChI=1S/C23H24N2O5S/c1-29-20-9-11-21(12-10-20)30-17-23(26)25-19-7-13-22(14-8-19)31(27,28)24-16-15-18-5-3-2-4-6-18/h2-14,24H,15-17H2,1H3,(H,25,26). The van der Waals surface area contributed by atoms with Crippen molar-refractivity contribution in [3.05, 3.63) is 84.4 Å². The van der Waals surface area contributed by atoms with E-state index in [9.17, 15) is 13.2 Å². The second-order valence-corrected chi connectivity index (χ2v) is 8.44. The highest BCUT2D eigenvalue weighted by atomic mass is 32.2. The highest BCUT2D eigenvalue weighted by Crippen LogP contribution is 2.17. The van der Waals surface area contributed by atoms with Crippen LogP contribution in [0, 0.1) is 0 Å². The SMILES string of the molecule is COc1ccc(OCC(=O)Nc2ccc(S(=O)(=O)NCCc3ccccc3)cc2)cc1. The van der Waals surface area contributed by atoms with E-state index in [0.717, 1.165) is 5.56 Å². The number of amides is 1. The van der Waals surface area contributed by atoms with Crippen molar-refractivity contribution < 1.29 is 22.7 Å². The quantitative estimate of drug-likeness (QED) is 0.505. The van der Waals surface area contributed by atoms with Crippen molar-refractivity contribution >= 4 is 21.6 Å². The molecular formula is C23H24N2O5S. The van der Waals surface area contributed by atoms with Crippen molar-refractivity contribution in [3.8, 4) is 11.5 Å². The summed E-state index contributed by atoms with van der Waals surface area (Å²) >= 11 is 0. The van der Waals surface area contributed by atoms with Crippen LogP contribution in [0.5, 0.6) is 11.5 Å². The van der Waals surface area contributed by atoms with Gasteiger partial charge in [-0.2, -0.15) is 0 Å². The van der Waals surface area contributed by atoms with E-state index < -0.39 is 10.0 Å². The lowest BCUT2D eigenvalue weighted by Gasteiger charge is -2.10. The van der Waals surface area contributed by atoms with Gasteiger partial charge in [-0.3, -0.25) is 4.79 Å². The number of methoxy groups -OCH3 is 1. The Morgan fingerprint density at radius 2 is 1.52 bits per heavy atom. The molecule has 0 spiro atoms. The lowest BCUT2D eigenvalue weighted by atomic mass is 10.2. The summed E-state index contributed by atoms with van der Waals surface area (Å²) in [7, 11) is -2.06. The normalized spacial score (nSPS) is 11.0. The number of benzene rings is 3. The van der Waals surface area contributed by atoms with Crippen LogP contribution in [0.3, 0.4) is 0 Å². The van der Waals surface area contributed by atoms with Crippen molar-refractivity contribution in [2.45, 2.75) is 11.3 Å². The van der Waals surface area contributed by atoms with E-state index in [1.165, 1.54) is 24.3 Å². The summed E-state index contributed by atoms with van der Waals surface area (Å²) in [5.41, 5.74) is 1.53. The fourth-order valence-electron chi connectivity index (χ4n) is 2.79. The smallest absolute Gasteiger partial charge is 0.262 e. The molecule has 0 radical (unpaired) electrons. The number of anilines is 1. The highest BCUT2D eigenvalue weighted by Gasteiger charge is 2.13. The number of sulfonamides is 1. The van der Waals surface area contributed by atoms with Crippen molar-refractivity contribution in [2.75, 3.05) is 25.6 Å². The van der Waals surface area contributed by atoms with E-state index in [1.807, 2.05) is 30.3 Å². The van der Waals surface area contributed by atoms with Crippen LogP contribution in [0.1, 0.15) is 5.56 Å². The van der Waals surface area contributed by atoms with Gasteiger partial charge in [-0.05, 0) is 60.5 Å². The highest BCUT2D eigenvalue weighted by molar-refractivity contribution is 7.89. The number of nitrogens with one attached hydrogen (secondary N) is 2. The van der Waals surface area contributed by atoms with Gasteiger partial charge in [0.25, 0.3) is 5.91 Å². The predicted octanol–water partition coefficient (Wildman–Crippen LogP) is 3.23.